The van der Waals surface area contributed by atoms with Gasteiger partial charge in [0.15, 0.2) is 17.3 Å². The summed E-state index contributed by atoms with van der Waals surface area (Å²) in [5, 5.41) is 10.5. The predicted octanol–water partition coefficient (Wildman–Crippen LogP) is 3.80. The second kappa shape index (κ2) is 7.70. The normalized spacial score (nSPS) is 10.5. The molecule has 0 unspecified atom stereocenters. The fourth-order valence-electron chi connectivity index (χ4n) is 2.54. The van der Waals surface area contributed by atoms with Gasteiger partial charge in [-0.3, -0.25) is 5.10 Å². The molecular weight excluding hydrogens is 316 g/mol. The number of aryl methyl sites for hydroxylation is 1. The van der Waals surface area contributed by atoms with Crippen molar-refractivity contribution in [2.75, 3.05) is 19.0 Å². The molecule has 2 aromatic carbocycles. The molecule has 130 valence electrons. The van der Waals surface area contributed by atoms with Crippen LogP contribution in [0.15, 0.2) is 42.5 Å². The second-order valence-corrected chi connectivity index (χ2v) is 5.60. The molecular formula is C19H22N4O2. The van der Waals surface area contributed by atoms with E-state index in [-0.39, 0.29) is 0 Å². The Morgan fingerprint density at radius 2 is 2.00 bits per heavy atom. The van der Waals surface area contributed by atoms with Crippen LogP contribution < -0.4 is 14.8 Å². The fourth-order valence-corrected chi connectivity index (χ4v) is 2.54. The molecule has 6 nitrogen and oxygen atoms in total. The number of hydrogen-bond donors (Lipinski definition) is 2. The van der Waals surface area contributed by atoms with Crippen LogP contribution in [0.3, 0.4) is 0 Å². The van der Waals surface area contributed by atoms with Crippen LogP contribution in [0.4, 0.5) is 5.69 Å². The van der Waals surface area contributed by atoms with E-state index in [4.69, 9.17) is 9.47 Å². The summed E-state index contributed by atoms with van der Waals surface area (Å²) in [6.45, 7) is 5.13. The van der Waals surface area contributed by atoms with Crippen molar-refractivity contribution in [3.63, 3.8) is 0 Å². The van der Waals surface area contributed by atoms with Gasteiger partial charge in [0.2, 0.25) is 0 Å². The lowest BCUT2D eigenvalue weighted by atomic mass is 10.1. The third-order valence-electron chi connectivity index (χ3n) is 3.74. The van der Waals surface area contributed by atoms with E-state index in [1.54, 1.807) is 7.11 Å². The van der Waals surface area contributed by atoms with Gasteiger partial charge in [0.05, 0.1) is 13.7 Å². The summed E-state index contributed by atoms with van der Waals surface area (Å²) >= 11 is 0. The van der Waals surface area contributed by atoms with Crippen LogP contribution in [0.2, 0.25) is 0 Å². The SMILES string of the molecule is CCOc1cc(CNc2cccc(-c3n[nH]c(C)n3)c2)ccc1OC. The Labute approximate surface area is 147 Å². The Kier molecular flexibility index (Phi) is 5.18. The Bertz CT molecular complexity index is 845. The highest BCUT2D eigenvalue weighted by Crippen LogP contribution is 2.28. The zero-order valence-electron chi connectivity index (χ0n) is 14.7. The molecule has 0 radical (unpaired) electrons. The quantitative estimate of drug-likeness (QED) is 0.685. The van der Waals surface area contributed by atoms with E-state index in [0.29, 0.717) is 19.0 Å². The van der Waals surface area contributed by atoms with E-state index in [1.165, 1.54) is 0 Å². The lowest BCUT2D eigenvalue weighted by Gasteiger charge is -2.12. The number of benzene rings is 2. The fraction of sp³-hybridized carbons (Fsp3) is 0.263. The number of H-pyrrole nitrogens is 1. The molecule has 0 fully saturated rings. The van der Waals surface area contributed by atoms with E-state index < -0.39 is 0 Å². The van der Waals surface area contributed by atoms with Crippen molar-refractivity contribution in [2.45, 2.75) is 20.4 Å². The average molecular weight is 338 g/mol. The van der Waals surface area contributed by atoms with Crippen LogP contribution in [0.1, 0.15) is 18.3 Å². The highest BCUT2D eigenvalue weighted by atomic mass is 16.5. The van der Waals surface area contributed by atoms with Crippen molar-refractivity contribution in [1.29, 1.82) is 0 Å². The smallest absolute Gasteiger partial charge is 0.181 e. The highest BCUT2D eigenvalue weighted by Gasteiger charge is 2.07. The van der Waals surface area contributed by atoms with Crippen molar-refractivity contribution in [3.05, 3.63) is 53.9 Å². The van der Waals surface area contributed by atoms with E-state index in [9.17, 15) is 0 Å². The molecule has 0 bridgehead atoms. The molecule has 3 rings (SSSR count). The van der Waals surface area contributed by atoms with Crippen molar-refractivity contribution in [3.8, 4) is 22.9 Å². The number of nitrogens with one attached hydrogen (secondary N) is 2. The molecule has 2 N–H and O–H groups in total. The third-order valence-corrected chi connectivity index (χ3v) is 3.74. The minimum absolute atomic E-state index is 0.603. The molecule has 0 aliphatic carbocycles. The first kappa shape index (κ1) is 16.8. The number of nitrogens with zero attached hydrogens (tertiary/aromatic N) is 2. The molecule has 0 aliphatic heterocycles. The van der Waals surface area contributed by atoms with Gasteiger partial charge >= 0.3 is 0 Å². The third kappa shape index (κ3) is 4.09. The van der Waals surface area contributed by atoms with E-state index in [1.807, 2.05) is 56.3 Å². The molecule has 0 saturated heterocycles. The van der Waals surface area contributed by atoms with Crippen LogP contribution in [0.25, 0.3) is 11.4 Å². The zero-order chi connectivity index (χ0) is 17.6. The summed E-state index contributed by atoms with van der Waals surface area (Å²) in [4.78, 5) is 4.37. The number of hydrogen-bond acceptors (Lipinski definition) is 5. The molecule has 0 spiro atoms. The molecule has 0 saturated carbocycles. The van der Waals surface area contributed by atoms with Gasteiger partial charge in [0.1, 0.15) is 5.82 Å². The second-order valence-electron chi connectivity index (χ2n) is 5.60. The van der Waals surface area contributed by atoms with E-state index in [2.05, 4.69) is 20.5 Å². The minimum atomic E-state index is 0.603. The molecule has 25 heavy (non-hydrogen) atoms. The molecule has 0 atom stereocenters. The van der Waals surface area contributed by atoms with Gasteiger partial charge in [-0.05, 0) is 43.7 Å². The molecule has 6 heteroatoms. The van der Waals surface area contributed by atoms with Gasteiger partial charge in [-0.1, -0.05) is 18.2 Å². The van der Waals surface area contributed by atoms with Crippen LogP contribution in [0.5, 0.6) is 11.5 Å². The summed E-state index contributed by atoms with van der Waals surface area (Å²) in [6.07, 6.45) is 0. The van der Waals surface area contributed by atoms with Crippen LogP contribution in [-0.4, -0.2) is 28.9 Å². The average Bonchev–Trinajstić information content (AvgIpc) is 3.07. The number of anilines is 1. The Balaban J connectivity index is 1.72. The largest absolute Gasteiger partial charge is 0.493 e. The van der Waals surface area contributed by atoms with E-state index in [0.717, 1.165) is 34.1 Å². The maximum Gasteiger partial charge on any atom is 0.181 e. The van der Waals surface area contributed by atoms with Crippen molar-refractivity contribution in [2.24, 2.45) is 0 Å². The Morgan fingerprint density at radius 1 is 1.12 bits per heavy atom. The number of rotatable bonds is 7. The lowest BCUT2D eigenvalue weighted by molar-refractivity contribution is 0.310. The van der Waals surface area contributed by atoms with Crippen molar-refractivity contribution in [1.82, 2.24) is 15.2 Å². The molecule has 0 aliphatic rings. The number of aromatic nitrogens is 3. The Hall–Kier alpha value is -3.02. The molecule has 1 aromatic heterocycles. The summed E-state index contributed by atoms with van der Waals surface area (Å²) in [5.74, 6) is 3.00. The van der Waals surface area contributed by atoms with Gasteiger partial charge in [0.25, 0.3) is 0 Å². The number of ether oxygens (including phenoxy) is 2. The van der Waals surface area contributed by atoms with Crippen LogP contribution in [0, 0.1) is 6.92 Å². The summed E-state index contributed by atoms with van der Waals surface area (Å²) in [7, 11) is 1.64. The molecule has 3 aromatic rings. The summed E-state index contributed by atoms with van der Waals surface area (Å²) in [5.41, 5.74) is 3.09. The first-order chi connectivity index (χ1) is 12.2. The first-order valence-electron chi connectivity index (χ1n) is 8.22. The summed E-state index contributed by atoms with van der Waals surface area (Å²) in [6, 6.07) is 14.0. The van der Waals surface area contributed by atoms with Crippen LogP contribution in [-0.2, 0) is 6.54 Å². The van der Waals surface area contributed by atoms with E-state index >= 15 is 0 Å². The van der Waals surface area contributed by atoms with Gasteiger partial charge in [-0.2, -0.15) is 5.10 Å². The monoisotopic (exact) mass is 338 g/mol. The summed E-state index contributed by atoms with van der Waals surface area (Å²) < 4.78 is 10.9. The maximum atomic E-state index is 5.63. The number of aromatic amines is 1. The number of methoxy groups -OCH3 is 1. The molecule has 1 heterocycles. The van der Waals surface area contributed by atoms with Gasteiger partial charge in [0, 0.05) is 17.8 Å². The van der Waals surface area contributed by atoms with Gasteiger partial charge < -0.3 is 14.8 Å². The first-order valence-corrected chi connectivity index (χ1v) is 8.22. The highest BCUT2D eigenvalue weighted by molar-refractivity contribution is 5.62. The van der Waals surface area contributed by atoms with Crippen molar-refractivity contribution < 1.29 is 9.47 Å². The zero-order valence-corrected chi connectivity index (χ0v) is 14.7. The predicted molar refractivity (Wildman–Crippen MR) is 98.0 cm³/mol. The van der Waals surface area contributed by atoms with Crippen LogP contribution >= 0.6 is 0 Å². The minimum Gasteiger partial charge on any atom is -0.493 e. The van der Waals surface area contributed by atoms with Crippen molar-refractivity contribution >= 4 is 5.69 Å². The molecule has 0 amide bonds. The standard InChI is InChI=1S/C19H22N4O2/c1-4-25-18-10-14(8-9-17(18)24-3)12-20-16-7-5-6-15(11-16)19-21-13(2)22-23-19/h5-11,20H,4,12H2,1-3H3,(H,21,22,23). The topological polar surface area (TPSA) is 72.1 Å². The van der Waals surface area contributed by atoms with Gasteiger partial charge in [-0.25, -0.2) is 4.98 Å². The lowest BCUT2D eigenvalue weighted by Crippen LogP contribution is -2.01. The Morgan fingerprint density at radius 3 is 2.72 bits per heavy atom. The van der Waals surface area contributed by atoms with Gasteiger partial charge in [-0.15, -0.1) is 0 Å². The maximum absolute atomic E-state index is 5.63.